The quantitative estimate of drug-likeness (QED) is 0.801. The molecule has 1 saturated carbocycles. The van der Waals surface area contributed by atoms with Crippen molar-refractivity contribution >= 4 is 27.5 Å². The molecule has 0 bridgehead atoms. The molecule has 1 aliphatic rings. The van der Waals surface area contributed by atoms with Gasteiger partial charge in [-0.2, -0.15) is 0 Å². The molecule has 0 saturated heterocycles. The van der Waals surface area contributed by atoms with Gasteiger partial charge >= 0.3 is 0 Å². The number of nitrogens with one attached hydrogen (secondary N) is 1. The first-order valence-electron chi connectivity index (χ1n) is 6.86. The van der Waals surface area contributed by atoms with Crippen molar-refractivity contribution < 1.29 is 4.74 Å². The molecule has 2 unspecified atom stereocenters. The van der Waals surface area contributed by atoms with E-state index in [2.05, 4.69) is 27.3 Å². The second-order valence-electron chi connectivity index (χ2n) is 5.14. The fourth-order valence-electron chi connectivity index (χ4n) is 2.79. The first-order valence-corrected chi connectivity index (χ1v) is 8.19. The smallest absolute Gasteiger partial charge is 0.123 e. The van der Waals surface area contributed by atoms with Gasteiger partial charge in [0, 0.05) is 28.5 Å². The van der Waals surface area contributed by atoms with Crippen LogP contribution in [0.5, 0.6) is 5.75 Å². The van der Waals surface area contributed by atoms with Crippen molar-refractivity contribution in [3.63, 3.8) is 0 Å². The Labute approximate surface area is 129 Å². The summed E-state index contributed by atoms with van der Waals surface area (Å²) in [5, 5.41) is 3.66. The van der Waals surface area contributed by atoms with E-state index < -0.39 is 0 Å². The van der Waals surface area contributed by atoms with Crippen LogP contribution in [0.4, 0.5) is 0 Å². The van der Waals surface area contributed by atoms with Crippen molar-refractivity contribution in [2.24, 2.45) is 5.92 Å². The van der Waals surface area contributed by atoms with Crippen LogP contribution in [0.3, 0.4) is 0 Å². The van der Waals surface area contributed by atoms with Crippen molar-refractivity contribution in [3.8, 4) is 5.75 Å². The predicted molar refractivity (Wildman–Crippen MR) is 84.0 cm³/mol. The fourth-order valence-corrected chi connectivity index (χ4v) is 3.57. The third kappa shape index (κ3) is 4.11. The number of rotatable bonds is 5. The van der Waals surface area contributed by atoms with Gasteiger partial charge in [0.2, 0.25) is 0 Å². The average Bonchev–Trinajstić information content (AvgIpc) is 2.45. The molecule has 2 atom stereocenters. The number of halogens is 2. The highest BCUT2D eigenvalue weighted by Crippen LogP contribution is 2.27. The third-order valence-electron chi connectivity index (χ3n) is 3.90. The minimum Gasteiger partial charge on any atom is -0.496 e. The zero-order valence-corrected chi connectivity index (χ0v) is 13.6. The number of ether oxygens (including phenoxy) is 1. The third-order valence-corrected chi connectivity index (χ3v) is 4.79. The topological polar surface area (TPSA) is 21.3 Å². The summed E-state index contributed by atoms with van der Waals surface area (Å²) in [6.07, 6.45) is 5.10. The predicted octanol–water partition coefficient (Wildman–Crippen LogP) is 4.34. The Morgan fingerprint density at radius 1 is 1.37 bits per heavy atom. The Balaban J connectivity index is 1.99. The molecule has 0 aliphatic heterocycles. The lowest BCUT2D eigenvalue weighted by molar-refractivity contribution is 0.281. The van der Waals surface area contributed by atoms with Crippen molar-refractivity contribution in [1.29, 1.82) is 0 Å². The van der Waals surface area contributed by atoms with E-state index in [1.54, 1.807) is 7.11 Å². The summed E-state index contributed by atoms with van der Waals surface area (Å²) in [5.41, 5.74) is 1.19. The molecule has 1 aliphatic carbocycles. The van der Waals surface area contributed by atoms with Crippen LogP contribution in [0.15, 0.2) is 22.7 Å². The van der Waals surface area contributed by atoms with Gasteiger partial charge in [0.15, 0.2) is 0 Å². The maximum atomic E-state index is 6.07. The molecule has 19 heavy (non-hydrogen) atoms. The first-order chi connectivity index (χ1) is 9.24. The molecule has 1 aromatic carbocycles. The number of alkyl halides is 1. The Hall–Kier alpha value is -0.250. The summed E-state index contributed by atoms with van der Waals surface area (Å²) < 4.78 is 6.49. The highest BCUT2D eigenvalue weighted by atomic mass is 79.9. The molecule has 1 N–H and O–H groups in total. The molecular formula is C15H21BrClNO. The molecule has 0 aromatic heterocycles. The monoisotopic (exact) mass is 345 g/mol. The van der Waals surface area contributed by atoms with Gasteiger partial charge in [-0.1, -0.05) is 28.8 Å². The summed E-state index contributed by atoms with van der Waals surface area (Å²) in [5.74, 6) is 2.30. The average molecular weight is 347 g/mol. The van der Waals surface area contributed by atoms with E-state index in [1.807, 2.05) is 12.1 Å². The van der Waals surface area contributed by atoms with Crippen molar-refractivity contribution in [2.45, 2.75) is 38.3 Å². The second kappa shape index (κ2) is 7.51. The molecule has 0 radical (unpaired) electrons. The van der Waals surface area contributed by atoms with Crippen LogP contribution in [0.1, 0.15) is 31.2 Å². The zero-order valence-electron chi connectivity index (χ0n) is 11.3. The standard InChI is InChI=1S/C15H21BrClNO/c1-19-15-7-6-13(16)8-12(15)10-18-14-5-3-2-4-11(14)9-17/h6-8,11,14,18H,2-5,9-10H2,1H3. The largest absolute Gasteiger partial charge is 0.496 e. The maximum absolute atomic E-state index is 6.07. The van der Waals surface area contributed by atoms with Crippen LogP contribution in [0.2, 0.25) is 0 Å². The molecule has 1 aromatic rings. The Kier molecular flexibility index (Phi) is 5.99. The highest BCUT2D eigenvalue weighted by Gasteiger charge is 2.23. The maximum Gasteiger partial charge on any atom is 0.123 e. The molecule has 4 heteroatoms. The van der Waals surface area contributed by atoms with E-state index in [0.717, 1.165) is 22.6 Å². The SMILES string of the molecule is COc1ccc(Br)cc1CNC1CCCCC1CCl. The van der Waals surface area contributed by atoms with Crippen LogP contribution in [-0.4, -0.2) is 19.0 Å². The van der Waals surface area contributed by atoms with Gasteiger partial charge < -0.3 is 10.1 Å². The molecule has 0 heterocycles. The molecule has 0 amide bonds. The first kappa shape index (κ1) is 15.1. The zero-order chi connectivity index (χ0) is 13.7. The lowest BCUT2D eigenvalue weighted by Crippen LogP contribution is -2.39. The van der Waals surface area contributed by atoms with E-state index >= 15 is 0 Å². The minimum atomic E-state index is 0.537. The molecule has 106 valence electrons. The Morgan fingerprint density at radius 2 is 2.16 bits per heavy atom. The molecule has 1 fully saturated rings. The van der Waals surface area contributed by atoms with Gasteiger partial charge in [0.1, 0.15) is 5.75 Å². The van der Waals surface area contributed by atoms with Crippen LogP contribution < -0.4 is 10.1 Å². The van der Waals surface area contributed by atoms with E-state index in [1.165, 1.54) is 31.2 Å². The molecule has 0 spiro atoms. The highest BCUT2D eigenvalue weighted by molar-refractivity contribution is 9.10. The number of methoxy groups -OCH3 is 1. The van der Waals surface area contributed by atoms with Gasteiger partial charge in [0.05, 0.1) is 7.11 Å². The lowest BCUT2D eigenvalue weighted by atomic mass is 9.85. The number of hydrogen-bond acceptors (Lipinski definition) is 2. The van der Waals surface area contributed by atoms with Crippen LogP contribution in [0, 0.1) is 5.92 Å². The molecular weight excluding hydrogens is 326 g/mol. The Bertz CT molecular complexity index is 413. The van der Waals surface area contributed by atoms with E-state index in [4.69, 9.17) is 16.3 Å². The van der Waals surface area contributed by atoms with Gasteiger partial charge in [0.25, 0.3) is 0 Å². The number of hydrogen-bond donors (Lipinski definition) is 1. The minimum absolute atomic E-state index is 0.537. The van der Waals surface area contributed by atoms with Gasteiger partial charge in [-0.05, 0) is 37.0 Å². The van der Waals surface area contributed by atoms with Crippen LogP contribution in [0.25, 0.3) is 0 Å². The Morgan fingerprint density at radius 3 is 2.89 bits per heavy atom. The van der Waals surface area contributed by atoms with E-state index in [-0.39, 0.29) is 0 Å². The van der Waals surface area contributed by atoms with Crippen molar-refractivity contribution in [2.75, 3.05) is 13.0 Å². The fraction of sp³-hybridized carbons (Fsp3) is 0.600. The van der Waals surface area contributed by atoms with Gasteiger partial charge in [-0.3, -0.25) is 0 Å². The lowest BCUT2D eigenvalue weighted by Gasteiger charge is -2.31. The summed E-state index contributed by atoms with van der Waals surface area (Å²) in [6, 6.07) is 6.66. The summed E-state index contributed by atoms with van der Waals surface area (Å²) in [7, 11) is 1.72. The van der Waals surface area contributed by atoms with Gasteiger partial charge in [-0.15, -0.1) is 11.6 Å². The van der Waals surface area contributed by atoms with Crippen molar-refractivity contribution in [1.82, 2.24) is 5.32 Å². The van der Waals surface area contributed by atoms with E-state index in [9.17, 15) is 0 Å². The second-order valence-corrected chi connectivity index (χ2v) is 6.37. The summed E-state index contributed by atoms with van der Waals surface area (Å²) >= 11 is 9.58. The summed E-state index contributed by atoms with van der Waals surface area (Å²) in [6.45, 7) is 0.834. The normalized spacial score (nSPS) is 23.3. The van der Waals surface area contributed by atoms with E-state index in [0.29, 0.717) is 12.0 Å². The van der Waals surface area contributed by atoms with Crippen LogP contribution >= 0.6 is 27.5 Å². The number of benzene rings is 1. The van der Waals surface area contributed by atoms with Crippen molar-refractivity contribution in [3.05, 3.63) is 28.2 Å². The van der Waals surface area contributed by atoms with Gasteiger partial charge in [-0.25, -0.2) is 0 Å². The molecule has 2 nitrogen and oxygen atoms in total. The summed E-state index contributed by atoms with van der Waals surface area (Å²) in [4.78, 5) is 0. The van der Waals surface area contributed by atoms with Crippen LogP contribution in [-0.2, 0) is 6.54 Å². The molecule has 2 rings (SSSR count).